The molecule has 0 fully saturated rings. The van der Waals surface area contributed by atoms with Crippen LogP contribution in [0.25, 0.3) is 0 Å². The molecule has 0 unspecified atom stereocenters. The fourth-order valence-corrected chi connectivity index (χ4v) is 1.36. The van der Waals surface area contributed by atoms with E-state index in [0.717, 1.165) is 12.1 Å². The highest BCUT2D eigenvalue weighted by Crippen LogP contribution is 2.33. The van der Waals surface area contributed by atoms with E-state index < -0.39 is 23.3 Å². The molecule has 0 amide bonds. The summed E-state index contributed by atoms with van der Waals surface area (Å²) in [5.41, 5.74) is -1.67. The highest BCUT2D eigenvalue weighted by atomic mass is 19.4. The topological polar surface area (TPSA) is 49.3 Å². The van der Waals surface area contributed by atoms with Gasteiger partial charge < -0.3 is 10.4 Å². The predicted molar refractivity (Wildman–Crippen MR) is 60.3 cm³/mol. The quantitative estimate of drug-likeness (QED) is 0.644. The van der Waals surface area contributed by atoms with Crippen molar-refractivity contribution in [1.29, 1.82) is 0 Å². The summed E-state index contributed by atoms with van der Waals surface area (Å²) in [5, 5.41) is 11.5. The van der Waals surface area contributed by atoms with Crippen molar-refractivity contribution in [2.75, 3.05) is 11.9 Å². The monoisotopic (exact) mass is 257 g/mol. The third-order valence-electron chi connectivity index (χ3n) is 2.15. The maximum Gasteiger partial charge on any atom is 0.417 e. The van der Waals surface area contributed by atoms with Gasteiger partial charge >= 0.3 is 12.1 Å². The number of carboxylic acid groups (broad SMARTS) is 1. The molecule has 0 saturated heterocycles. The first-order valence-electron chi connectivity index (χ1n) is 4.98. The Labute approximate surface area is 102 Å². The molecule has 1 aromatic carbocycles. The molecule has 0 atom stereocenters. The number of anilines is 1. The van der Waals surface area contributed by atoms with Crippen LogP contribution in [0.2, 0.25) is 0 Å². The van der Waals surface area contributed by atoms with E-state index in [4.69, 9.17) is 11.5 Å². The zero-order valence-corrected chi connectivity index (χ0v) is 9.21. The van der Waals surface area contributed by atoms with Crippen molar-refractivity contribution in [1.82, 2.24) is 0 Å². The number of hydrogen-bond donors (Lipinski definition) is 2. The molecule has 0 aliphatic carbocycles. The lowest BCUT2D eigenvalue weighted by Gasteiger charge is -2.12. The van der Waals surface area contributed by atoms with Crippen molar-refractivity contribution in [2.45, 2.75) is 12.6 Å². The highest BCUT2D eigenvalue weighted by Gasteiger charge is 2.35. The third-order valence-corrected chi connectivity index (χ3v) is 2.15. The number of carbonyl (C=O) groups is 1. The molecular weight excluding hydrogens is 247 g/mol. The highest BCUT2D eigenvalue weighted by molar-refractivity contribution is 5.91. The van der Waals surface area contributed by atoms with Crippen LogP contribution >= 0.6 is 0 Å². The lowest BCUT2D eigenvalue weighted by atomic mass is 10.1. The van der Waals surface area contributed by atoms with Gasteiger partial charge in [0.25, 0.3) is 0 Å². The van der Waals surface area contributed by atoms with E-state index in [-0.39, 0.29) is 5.69 Å². The van der Waals surface area contributed by atoms with Gasteiger partial charge in [-0.3, -0.25) is 0 Å². The number of hydrogen-bond acceptors (Lipinski definition) is 2. The second kappa shape index (κ2) is 5.45. The maximum atomic E-state index is 12.5. The Balaban J connectivity index is 3.05. The van der Waals surface area contributed by atoms with E-state index in [0.29, 0.717) is 13.0 Å². The molecule has 18 heavy (non-hydrogen) atoms. The summed E-state index contributed by atoms with van der Waals surface area (Å²) in [7, 11) is 0. The van der Waals surface area contributed by atoms with Crippen molar-refractivity contribution >= 4 is 11.7 Å². The third kappa shape index (κ3) is 3.42. The molecule has 0 saturated carbocycles. The van der Waals surface area contributed by atoms with Crippen LogP contribution in [0.3, 0.4) is 0 Å². The van der Waals surface area contributed by atoms with E-state index in [1.807, 2.05) is 0 Å². The van der Waals surface area contributed by atoms with Gasteiger partial charge in [-0.2, -0.15) is 13.2 Å². The zero-order valence-electron chi connectivity index (χ0n) is 9.21. The molecule has 0 radical (unpaired) electrons. The molecule has 0 aromatic heterocycles. The lowest BCUT2D eigenvalue weighted by Crippen LogP contribution is -2.13. The van der Waals surface area contributed by atoms with Crippen LogP contribution in [0.15, 0.2) is 18.2 Å². The van der Waals surface area contributed by atoms with E-state index in [2.05, 4.69) is 11.2 Å². The van der Waals surface area contributed by atoms with E-state index >= 15 is 0 Å². The van der Waals surface area contributed by atoms with Crippen molar-refractivity contribution in [2.24, 2.45) is 0 Å². The standard InChI is InChI=1S/C12H10F3NO2/c1-2-3-6-16-8-4-5-10(12(13,14)15)9(7-8)11(17)18/h1,4-5,7,16H,3,6H2,(H,17,18). The van der Waals surface area contributed by atoms with Crippen LogP contribution < -0.4 is 5.32 Å². The molecule has 6 heteroatoms. The fourth-order valence-electron chi connectivity index (χ4n) is 1.36. The Hall–Kier alpha value is -2.16. The summed E-state index contributed by atoms with van der Waals surface area (Å²) in [4.78, 5) is 10.8. The first-order valence-corrected chi connectivity index (χ1v) is 4.98. The first kappa shape index (κ1) is 13.9. The number of alkyl halides is 3. The first-order chi connectivity index (χ1) is 8.36. The summed E-state index contributed by atoms with van der Waals surface area (Å²) in [6.45, 7) is 0.362. The van der Waals surface area contributed by atoms with Gasteiger partial charge in [0, 0.05) is 18.7 Å². The van der Waals surface area contributed by atoms with Crippen LogP contribution in [0.5, 0.6) is 0 Å². The van der Waals surface area contributed by atoms with Crippen molar-refractivity contribution in [3.05, 3.63) is 29.3 Å². The summed E-state index contributed by atoms with van der Waals surface area (Å²) in [6.07, 6.45) is 0.722. The van der Waals surface area contributed by atoms with Crippen LogP contribution in [-0.4, -0.2) is 17.6 Å². The number of terminal acetylenes is 1. The van der Waals surface area contributed by atoms with Gasteiger partial charge in [0.2, 0.25) is 0 Å². The molecule has 2 N–H and O–H groups in total. The van der Waals surface area contributed by atoms with Crippen molar-refractivity contribution in [3.8, 4) is 12.3 Å². The molecule has 0 bridgehead atoms. The average molecular weight is 257 g/mol. The zero-order chi connectivity index (χ0) is 13.8. The Morgan fingerprint density at radius 2 is 2.11 bits per heavy atom. The minimum absolute atomic E-state index is 0.288. The van der Waals surface area contributed by atoms with E-state index in [1.165, 1.54) is 6.07 Å². The molecule has 3 nitrogen and oxygen atoms in total. The molecule has 0 spiro atoms. The number of carboxylic acids is 1. The maximum absolute atomic E-state index is 12.5. The van der Waals surface area contributed by atoms with Crippen LogP contribution in [0.1, 0.15) is 22.3 Å². The van der Waals surface area contributed by atoms with Gasteiger partial charge in [-0.05, 0) is 18.2 Å². The second-order valence-electron chi connectivity index (χ2n) is 3.44. The number of halogens is 3. The molecule has 0 aliphatic heterocycles. The van der Waals surface area contributed by atoms with Gasteiger partial charge in [0.15, 0.2) is 0 Å². The Morgan fingerprint density at radius 1 is 1.44 bits per heavy atom. The Morgan fingerprint density at radius 3 is 2.61 bits per heavy atom. The summed E-state index contributed by atoms with van der Waals surface area (Å²) in [6, 6.07) is 2.86. The van der Waals surface area contributed by atoms with Crippen LogP contribution in [-0.2, 0) is 6.18 Å². The molecule has 96 valence electrons. The molecule has 1 aromatic rings. The number of benzene rings is 1. The number of rotatable bonds is 4. The smallest absolute Gasteiger partial charge is 0.417 e. The molecule has 0 aliphatic rings. The lowest BCUT2D eigenvalue weighted by molar-refractivity contribution is -0.138. The van der Waals surface area contributed by atoms with Gasteiger partial charge in [0.05, 0.1) is 11.1 Å². The van der Waals surface area contributed by atoms with Crippen LogP contribution in [0, 0.1) is 12.3 Å². The fraction of sp³-hybridized carbons (Fsp3) is 0.250. The van der Waals surface area contributed by atoms with Gasteiger partial charge in [0.1, 0.15) is 0 Å². The number of aromatic carboxylic acids is 1. The Kier molecular flexibility index (Phi) is 4.21. The minimum atomic E-state index is -4.69. The summed E-state index contributed by atoms with van der Waals surface area (Å²) < 4.78 is 37.6. The molecule has 1 rings (SSSR count). The van der Waals surface area contributed by atoms with Crippen molar-refractivity contribution < 1.29 is 23.1 Å². The average Bonchev–Trinajstić information content (AvgIpc) is 2.27. The molecular formula is C12H10F3NO2. The summed E-state index contributed by atoms with van der Waals surface area (Å²) >= 11 is 0. The predicted octanol–water partition coefficient (Wildman–Crippen LogP) is 2.84. The van der Waals surface area contributed by atoms with Crippen LogP contribution in [0.4, 0.5) is 18.9 Å². The summed E-state index contributed by atoms with van der Waals surface area (Å²) in [5.74, 6) is 0.730. The minimum Gasteiger partial charge on any atom is -0.478 e. The number of nitrogens with one attached hydrogen (secondary N) is 1. The van der Waals surface area contributed by atoms with E-state index in [1.54, 1.807) is 0 Å². The Bertz CT molecular complexity index is 489. The van der Waals surface area contributed by atoms with Gasteiger partial charge in [-0.25, -0.2) is 4.79 Å². The van der Waals surface area contributed by atoms with Gasteiger partial charge in [-0.1, -0.05) is 0 Å². The normalized spacial score (nSPS) is 10.8. The van der Waals surface area contributed by atoms with Gasteiger partial charge in [-0.15, -0.1) is 12.3 Å². The van der Waals surface area contributed by atoms with E-state index in [9.17, 15) is 18.0 Å². The molecule has 0 heterocycles. The second-order valence-corrected chi connectivity index (χ2v) is 3.44. The largest absolute Gasteiger partial charge is 0.478 e. The van der Waals surface area contributed by atoms with Crippen molar-refractivity contribution in [3.63, 3.8) is 0 Å². The SMILES string of the molecule is C#CCCNc1ccc(C(F)(F)F)c(C(=O)O)c1.